The number of H-pyrrole nitrogens is 1. The maximum Gasteiger partial charge on any atom is 0.354 e. The molecule has 2 aromatic carbocycles. The highest BCUT2D eigenvalue weighted by atomic mass is 19.1. The first-order chi connectivity index (χ1) is 14.0. The lowest BCUT2D eigenvalue weighted by molar-refractivity contribution is 0.0690. The number of carboxylic acids is 1. The normalized spacial score (nSPS) is 11.0. The van der Waals surface area contributed by atoms with Crippen molar-refractivity contribution in [1.82, 2.24) is 9.97 Å². The zero-order valence-corrected chi connectivity index (χ0v) is 16.0. The second kappa shape index (κ2) is 7.39. The minimum atomic E-state index is -1.06. The Labute approximate surface area is 166 Å². The number of ether oxygens (including phenoxy) is 1. The van der Waals surface area contributed by atoms with Gasteiger partial charge in [-0.3, -0.25) is 0 Å². The lowest BCUT2D eigenvalue weighted by Gasteiger charge is -2.07. The first-order valence-corrected chi connectivity index (χ1v) is 9.10. The van der Waals surface area contributed by atoms with Gasteiger partial charge >= 0.3 is 5.97 Å². The van der Waals surface area contributed by atoms with Crippen LogP contribution in [0.5, 0.6) is 5.75 Å². The summed E-state index contributed by atoms with van der Waals surface area (Å²) in [6, 6.07) is 15.7. The molecule has 29 heavy (non-hydrogen) atoms. The van der Waals surface area contributed by atoms with E-state index >= 15 is 0 Å². The fraction of sp³-hybridized carbons (Fsp3) is 0.130. The average Bonchev–Trinajstić information content (AvgIpc) is 3.07. The molecule has 2 N–H and O–H groups in total. The summed E-state index contributed by atoms with van der Waals surface area (Å²) in [5.41, 5.74) is 4.73. The molecule has 0 fully saturated rings. The highest BCUT2D eigenvalue weighted by molar-refractivity contribution is 5.92. The van der Waals surface area contributed by atoms with Crippen molar-refractivity contribution < 1.29 is 19.0 Å². The molecule has 2 aromatic heterocycles. The van der Waals surface area contributed by atoms with Gasteiger partial charge in [0, 0.05) is 29.1 Å². The number of hydrogen-bond acceptors (Lipinski definition) is 3. The molecule has 0 amide bonds. The maximum atomic E-state index is 13.8. The fourth-order valence-corrected chi connectivity index (χ4v) is 3.47. The number of methoxy groups -OCH3 is 1. The van der Waals surface area contributed by atoms with Gasteiger partial charge in [-0.2, -0.15) is 0 Å². The molecule has 0 saturated heterocycles. The second-order valence-electron chi connectivity index (χ2n) is 6.85. The van der Waals surface area contributed by atoms with Crippen LogP contribution < -0.4 is 4.74 Å². The number of aromatic nitrogens is 2. The quantitative estimate of drug-likeness (QED) is 0.504. The highest BCUT2D eigenvalue weighted by Crippen LogP contribution is 2.34. The van der Waals surface area contributed by atoms with Crippen molar-refractivity contribution in [2.24, 2.45) is 0 Å². The van der Waals surface area contributed by atoms with Crippen molar-refractivity contribution >= 4 is 16.9 Å². The Morgan fingerprint density at radius 2 is 2.00 bits per heavy atom. The molecule has 0 aliphatic rings. The molecule has 0 radical (unpaired) electrons. The van der Waals surface area contributed by atoms with Crippen molar-refractivity contribution in [3.05, 3.63) is 82.9 Å². The number of fused-ring (bicyclic) bond motifs is 1. The lowest BCUT2D eigenvalue weighted by atomic mass is 9.99. The second-order valence-corrected chi connectivity index (χ2v) is 6.85. The standard InChI is InChI=1S/C23H19FN2O3/c1-13-10-14(6-9-19(13)24)22-18(11-15-4-3-5-20(25-15)23(27)28)17-8-7-16(29-2)12-21(17)26-22/h3-10,12,26H,11H2,1-2H3,(H,27,28). The Kier molecular flexibility index (Phi) is 4.76. The van der Waals surface area contributed by atoms with Gasteiger partial charge in [0.15, 0.2) is 0 Å². The van der Waals surface area contributed by atoms with Gasteiger partial charge in [-0.05, 0) is 66.1 Å². The van der Waals surface area contributed by atoms with E-state index in [1.165, 1.54) is 12.1 Å². The number of nitrogens with one attached hydrogen (secondary N) is 1. The lowest BCUT2D eigenvalue weighted by Crippen LogP contribution is -2.03. The molecule has 2 heterocycles. The fourth-order valence-electron chi connectivity index (χ4n) is 3.47. The number of aryl methyl sites for hydroxylation is 1. The molecule has 5 nitrogen and oxygen atoms in total. The molecule has 4 aromatic rings. The van der Waals surface area contributed by atoms with Crippen LogP contribution in [0.2, 0.25) is 0 Å². The van der Waals surface area contributed by atoms with E-state index in [0.717, 1.165) is 33.5 Å². The van der Waals surface area contributed by atoms with Crippen LogP contribution in [-0.4, -0.2) is 28.2 Å². The van der Waals surface area contributed by atoms with Crippen molar-refractivity contribution in [3.8, 4) is 17.0 Å². The third kappa shape index (κ3) is 3.57. The molecular weight excluding hydrogens is 371 g/mol. The van der Waals surface area contributed by atoms with Crippen LogP contribution in [0.15, 0.2) is 54.6 Å². The van der Waals surface area contributed by atoms with Gasteiger partial charge in [0.05, 0.1) is 12.8 Å². The molecule has 0 aliphatic carbocycles. The summed E-state index contributed by atoms with van der Waals surface area (Å²) in [4.78, 5) is 18.9. The summed E-state index contributed by atoms with van der Waals surface area (Å²) in [5, 5.41) is 10.2. The number of aromatic amines is 1. The smallest absolute Gasteiger partial charge is 0.354 e. The van der Waals surface area contributed by atoms with E-state index in [4.69, 9.17) is 4.74 Å². The summed E-state index contributed by atoms with van der Waals surface area (Å²) in [6.45, 7) is 1.72. The number of benzene rings is 2. The molecule has 0 bridgehead atoms. The van der Waals surface area contributed by atoms with E-state index in [2.05, 4.69) is 9.97 Å². The van der Waals surface area contributed by atoms with Gasteiger partial charge in [-0.15, -0.1) is 0 Å². The topological polar surface area (TPSA) is 75.2 Å². The SMILES string of the molecule is COc1ccc2c(Cc3cccc(C(=O)O)n3)c(-c3ccc(F)c(C)c3)[nH]c2c1. The number of carboxylic acid groups (broad SMARTS) is 1. The van der Waals surface area contributed by atoms with E-state index in [9.17, 15) is 14.3 Å². The summed E-state index contributed by atoms with van der Waals surface area (Å²) < 4.78 is 19.1. The van der Waals surface area contributed by atoms with E-state index in [1.807, 2.05) is 18.2 Å². The van der Waals surface area contributed by atoms with Crippen LogP contribution >= 0.6 is 0 Å². The molecule has 4 rings (SSSR count). The molecule has 0 atom stereocenters. The van der Waals surface area contributed by atoms with Gasteiger partial charge in [0.2, 0.25) is 0 Å². The number of halogens is 1. The van der Waals surface area contributed by atoms with Crippen LogP contribution in [0.3, 0.4) is 0 Å². The predicted molar refractivity (Wildman–Crippen MR) is 109 cm³/mol. The van der Waals surface area contributed by atoms with E-state index in [-0.39, 0.29) is 11.5 Å². The first-order valence-electron chi connectivity index (χ1n) is 9.10. The molecule has 0 saturated carbocycles. The Hall–Kier alpha value is -3.67. The number of rotatable bonds is 5. The Balaban J connectivity index is 1.89. The zero-order chi connectivity index (χ0) is 20.5. The predicted octanol–water partition coefficient (Wildman–Crippen LogP) is 4.98. The highest BCUT2D eigenvalue weighted by Gasteiger charge is 2.16. The number of carbonyl (C=O) groups is 1. The summed E-state index contributed by atoms with van der Waals surface area (Å²) >= 11 is 0. The molecule has 6 heteroatoms. The number of aromatic carboxylic acids is 1. The number of pyridine rings is 1. The minimum Gasteiger partial charge on any atom is -0.497 e. The van der Waals surface area contributed by atoms with E-state index in [1.54, 1.807) is 38.3 Å². The Morgan fingerprint density at radius 1 is 1.17 bits per heavy atom. The van der Waals surface area contributed by atoms with Crippen LogP contribution in [0.4, 0.5) is 4.39 Å². The minimum absolute atomic E-state index is 0.00295. The molecule has 146 valence electrons. The van der Waals surface area contributed by atoms with Crippen molar-refractivity contribution in [3.63, 3.8) is 0 Å². The van der Waals surface area contributed by atoms with Crippen molar-refractivity contribution in [2.75, 3.05) is 7.11 Å². The van der Waals surface area contributed by atoms with Gasteiger partial charge in [0.25, 0.3) is 0 Å². The molecule has 0 spiro atoms. The van der Waals surface area contributed by atoms with Gasteiger partial charge in [-0.25, -0.2) is 14.2 Å². The average molecular weight is 390 g/mol. The summed E-state index contributed by atoms with van der Waals surface area (Å²) in [7, 11) is 1.61. The van der Waals surface area contributed by atoms with Crippen LogP contribution in [0.25, 0.3) is 22.2 Å². The third-order valence-corrected chi connectivity index (χ3v) is 4.94. The zero-order valence-electron chi connectivity index (χ0n) is 16.0. The third-order valence-electron chi connectivity index (χ3n) is 4.94. The van der Waals surface area contributed by atoms with Gasteiger partial charge < -0.3 is 14.8 Å². The first kappa shape index (κ1) is 18.7. The van der Waals surface area contributed by atoms with Crippen LogP contribution in [-0.2, 0) is 6.42 Å². The summed E-state index contributed by atoms with van der Waals surface area (Å²) in [6.07, 6.45) is 0.430. The molecule has 0 aliphatic heterocycles. The Morgan fingerprint density at radius 3 is 2.72 bits per heavy atom. The van der Waals surface area contributed by atoms with Crippen molar-refractivity contribution in [1.29, 1.82) is 0 Å². The molecular formula is C23H19FN2O3. The number of hydrogen-bond donors (Lipinski definition) is 2. The Bertz CT molecular complexity index is 1230. The van der Waals surface area contributed by atoms with E-state index < -0.39 is 5.97 Å². The summed E-state index contributed by atoms with van der Waals surface area (Å²) in [5.74, 6) is -0.605. The monoisotopic (exact) mass is 390 g/mol. The van der Waals surface area contributed by atoms with E-state index in [0.29, 0.717) is 17.7 Å². The largest absolute Gasteiger partial charge is 0.497 e. The van der Waals surface area contributed by atoms with Gasteiger partial charge in [-0.1, -0.05) is 6.07 Å². The number of nitrogens with zero attached hydrogens (tertiary/aromatic N) is 1. The molecule has 0 unspecified atom stereocenters. The van der Waals surface area contributed by atoms with Crippen LogP contribution in [0, 0.1) is 12.7 Å². The maximum absolute atomic E-state index is 13.8. The van der Waals surface area contributed by atoms with Crippen LogP contribution in [0.1, 0.15) is 27.3 Å². The van der Waals surface area contributed by atoms with Crippen molar-refractivity contribution in [2.45, 2.75) is 13.3 Å². The van der Waals surface area contributed by atoms with Gasteiger partial charge in [0.1, 0.15) is 17.3 Å².